The molecule has 1 N–H and O–H groups in total. The van der Waals surface area contributed by atoms with Crippen LogP contribution in [0, 0.1) is 17.8 Å². The van der Waals surface area contributed by atoms with Crippen LogP contribution >= 0.6 is 0 Å². The zero-order valence-corrected chi connectivity index (χ0v) is 7.92. The van der Waals surface area contributed by atoms with E-state index in [0.29, 0.717) is 0 Å². The van der Waals surface area contributed by atoms with Gasteiger partial charge in [0.15, 0.2) is 0 Å². The van der Waals surface area contributed by atoms with Crippen molar-refractivity contribution in [2.75, 3.05) is 0 Å². The predicted molar refractivity (Wildman–Crippen MR) is 49.9 cm³/mol. The van der Waals surface area contributed by atoms with Crippen molar-refractivity contribution in [3.8, 4) is 0 Å². The van der Waals surface area contributed by atoms with Crippen LogP contribution in [-0.2, 0) is 0 Å². The fraction of sp³-hybridized carbons (Fsp3) is 1.00. The van der Waals surface area contributed by atoms with Gasteiger partial charge in [0.1, 0.15) is 0 Å². The largest absolute Gasteiger partial charge is 0.310 e. The van der Waals surface area contributed by atoms with Gasteiger partial charge in [-0.1, -0.05) is 6.92 Å². The molecular formula is C11H19N. The Balaban J connectivity index is 1.55. The van der Waals surface area contributed by atoms with Gasteiger partial charge < -0.3 is 5.32 Å². The molecule has 0 aromatic carbocycles. The van der Waals surface area contributed by atoms with Crippen LogP contribution in [0.5, 0.6) is 0 Å². The fourth-order valence-electron chi connectivity index (χ4n) is 2.37. The quantitative estimate of drug-likeness (QED) is 0.673. The van der Waals surface area contributed by atoms with E-state index < -0.39 is 0 Å². The number of nitrogens with one attached hydrogen (secondary N) is 1. The van der Waals surface area contributed by atoms with E-state index in [9.17, 15) is 0 Å². The van der Waals surface area contributed by atoms with E-state index in [1.807, 2.05) is 0 Å². The second-order valence-corrected chi connectivity index (χ2v) is 5.19. The van der Waals surface area contributed by atoms with Crippen molar-refractivity contribution >= 4 is 0 Å². The van der Waals surface area contributed by atoms with Crippen molar-refractivity contribution in [3.05, 3.63) is 0 Å². The molecule has 68 valence electrons. The molecule has 0 bridgehead atoms. The molecule has 3 rings (SSSR count). The molecule has 3 fully saturated rings. The van der Waals surface area contributed by atoms with Crippen molar-refractivity contribution in [2.24, 2.45) is 17.8 Å². The van der Waals surface area contributed by atoms with Crippen molar-refractivity contribution in [3.63, 3.8) is 0 Å². The first kappa shape index (κ1) is 7.37. The lowest BCUT2D eigenvalue weighted by Gasteiger charge is -2.17. The molecule has 3 aliphatic carbocycles. The fourth-order valence-corrected chi connectivity index (χ4v) is 2.37. The maximum absolute atomic E-state index is 3.86. The molecule has 2 atom stereocenters. The van der Waals surface area contributed by atoms with Crippen LogP contribution in [0.2, 0.25) is 0 Å². The molecule has 1 heteroatoms. The zero-order valence-electron chi connectivity index (χ0n) is 7.92. The minimum atomic E-state index is 0.899. The lowest BCUT2D eigenvalue weighted by Crippen LogP contribution is -2.35. The van der Waals surface area contributed by atoms with E-state index in [4.69, 9.17) is 0 Å². The molecular weight excluding hydrogens is 146 g/mol. The highest BCUT2D eigenvalue weighted by molar-refractivity contribution is 5.01. The summed E-state index contributed by atoms with van der Waals surface area (Å²) >= 11 is 0. The Bertz CT molecular complexity index is 169. The Labute approximate surface area is 74.9 Å². The van der Waals surface area contributed by atoms with Gasteiger partial charge >= 0.3 is 0 Å². The van der Waals surface area contributed by atoms with Gasteiger partial charge in [0.2, 0.25) is 0 Å². The summed E-state index contributed by atoms with van der Waals surface area (Å²) in [6.07, 6.45) is 7.48. The van der Waals surface area contributed by atoms with Crippen molar-refractivity contribution in [1.29, 1.82) is 0 Å². The molecule has 0 radical (unpaired) electrons. The molecule has 3 aliphatic rings. The summed E-state index contributed by atoms with van der Waals surface area (Å²) in [5.74, 6) is 3.13. The molecule has 3 saturated carbocycles. The van der Waals surface area contributed by atoms with Crippen LogP contribution < -0.4 is 5.32 Å². The molecule has 1 nitrogen and oxygen atoms in total. The highest BCUT2D eigenvalue weighted by Crippen LogP contribution is 2.46. The third kappa shape index (κ3) is 1.39. The molecule has 2 unspecified atom stereocenters. The lowest BCUT2D eigenvalue weighted by atomic mass is 10.1. The minimum absolute atomic E-state index is 0.899. The summed E-state index contributed by atoms with van der Waals surface area (Å²) in [7, 11) is 0. The molecule has 0 saturated heterocycles. The predicted octanol–water partition coefficient (Wildman–Crippen LogP) is 2.17. The molecule has 12 heavy (non-hydrogen) atoms. The first-order valence-corrected chi connectivity index (χ1v) is 5.60. The van der Waals surface area contributed by atoms with Gasteiger partial charge in [-0.2, -0.15) is 0 Å². The van der Waals surface area contributed by atoms with Gasteiger partial charge in [-0.25, -0.2) is 0 Å². The van der Waals surface area contributed by atoms with E-state index in [1.54, 1.807) is 0 Å². The number of hydrogen-bond acceptors (Lipinski definition) is 1. The SMILES string of the molecule is CC1CC1NC(C1CC1)C1CC1. The second kappa shape index (κ2) is 2.47. The van der Waals surface area contributed by atoms with Gasteiger partial charge in [0, 0.05) is 12.1 Å². The van der Waals surface area contributed by atoms with Gasteiger partial charge in [-0.3, -0.25) is 0 Å². The van der Waals surface area contributed by atoms with Gasteiger partial charge in [-0.05, 0) is 49.9 Å². The van der Waals surface area contributed by atoms with E-state index in [2.05, 4.69) is 12.2 Å². The van der Waals surface area contributed by atoms with Crippen LogP contribution in [-0.4, -0.2) is 12.1 Å². The average Bonchev–Trinajstić information content (AvgIpc) is 2.89. The highest BCUT2D eigenvalue weighted by Gasteiger charge is 2.45. The average molecular weight is 165 g/mol. The van der Waals surface area contributed by atoms with Crippen LogP contribution in [0.3, 0.4) is 0 Å². The summed E-state index contributed by atoms with van der Waals surface area (Å²) < 4.78 is 0. The topological polar surface area (TPSA) is 12.0 Å². The smallest absolute Gasteiger partial charge is 0.0126 e. The van der Waals surface area contributed by atoms with Gasteiger partial charge in [0.05, 0.1) is 0 Å². The molecule has 0 aromatic heterocycles. The third-order valence-electron chi connectivity index (χ3n) is 3.78. The Hall–Kier alpha value is -0.0400. The Kier molecular flexibility index (Phi) is 1.52. The second-order valence-electron chi connectivity index (χ2n) is 5.19. The zero-order chi connectivity index (χ0) is 8.13. The first-order valence-electron chi connectivity index (χ1n) is 5.60. The normalized spacial score (nSPS) is 40.5. The number of rotatable bonds is 4. The van der Waals surface area contributed by atoms with Gasteiger partial charge in [0.25, 0.3) is 0 Å². The van der Waals surface area contributed by atoms with E-state index in [0.717, 1.165) is 29.8 Å². The lowest BCUT2D eigenvalue weighted by molar-refractivity contribution is 0.407. The highest BCUT2D eigenvalue weighted by atomic mass is 15.0. The monoisotopic (exact) mass is 165 g/mol. The standard InChI is InChI=1S/C11H19N/c1-7-6-10(7)12-11(8-2-3-8)9-4-5-9/h7-12H,2-6H2,1H3. The molecule has 0 amide bonds. The Morgan fingerprint density at radius 2 is 1.58 bits per heavy atom. The maximum Gasteiger partial charge on any atom is 0.0126 e. The molecule has 0 heterocycles. The van der Waals surface area contributed by atoms with Crippen LogP contribution in [0.4, 0.5) is 0 Å². The van der Waals surface area contributed by atoms with Crippen LogP contribution in [0.1, 0.15) is 39.0 Å². The van der Waals surface area contributed by atoms with Gasteiger partial charge in [-0.15, -0.1) is 0 Å². The summed E-state index contributed by atoms with van der Waals surface area (Å²) in [6.45, 7) is 2.37. The molecule has 0 spiro atoms. The maximum atomic E-state index is 3.86. The van der Waals surface area contributed by atoms with E-state index in [1.165, 1.54) is 32.1 Å². The van der Waals surface area contributed by atoms with Crippen molar-refractivity contribution in [2.45, 2.75) is 51.1 Å². The van der Waals surface area contributed by atoms with E-state index in [-0.39, 0.29) is 0 Å². The third-order valence-corrected chi connectivity index (χ3v) is 3.78. The summed E-state index contributed by atoms with van der Waals surface area (Å²) in [5.41, 5.74) is 0. The summed E-state index contributed by atoms with van der Waals surface area (Å²) in [6, 6.07) is 1.83. The van der Waals surface area contributed by atoms with Crippen molar-refractivity contribution < 1.29 is 0 Å². The Morgan fingerprint density at radius 3 is 1.92 bits per heavy atom. The van der Waals surface area contributed by atoms with Crippen molar-refractivity contribution in [1.82, 2.24) is 5.32 Å². The van der Waals surface area contributed by atoms with E-state index >= 15 is 0 Å². The number of hydrogen-bond donors (Lipinski definition) is 1. The molecule has 0 aromatic rings. The van der Waals surface area contributed by atoms with Crippen LogP contribution in [0.25, 0.3) is 0 Å². The first-order chi connectivity index (χ1) is 5.84. The Morgan fingerprint density at radius 1 is 1.08 bits per heavy atom. The summed E-state index contributed by atoms with van der Waals surface area (Å²) in [4.78, 5) is 0. The molecule has 0 aliphatic heterocycles. The summed E-state index contributed by atoms with van der Waals surface area (Å²) in [5, 5.41) is 3.86. The van der Waals surface area contributed by atoms with Crippen LogP contribution in [0.15, 0.2) is 0 Å². The minimum Gasteiger partial charge on any atom is -0.310 e.